The van der Waals surface area contributed by atoms with E-state index in [0.717, 1.165) is 31.4 Å². The van der Waals surface area contributed by atoms with E-state index in [1.165, 1.54) is 25.7 Å². The molecule has 0 unspecified atom stereocenters. The fraction of sp³-hybridized carbons (Fsp3) is 0.938. The number of thioether (sulfide) groups is 1. The minimum atomic E-state index is -2.88. The fourth-order valence-electron chi connectivity index (χ4n) is 2.22. The first-order chi connectivity index (χ1) is 11.0. The minimum absolute atomic E-state index is 0.296. The van der Waals surface area contributed by atoms with Crippen molar-refractivity contribution in [3.05, 3.63) is 0 Å². The van der Waals surface area contributed by atoms with E-state index in [1.807, 2.05) is 13.8 Å². The van der Waals surface area contributed by atoms with Gasteiger partial charge in [0, 0.05) is 6.42 Å². The lowest BCUT2D eigenvalue weighted by atomic mass is 10.1. The van der Waals surface area contributed by atoms with Crippen LogP contribution in [0.2, 0.25) is 0 Å². The number of hydrogen-bond acceptors (Lipinski definition) is 5. The number of carboxylic acids is 1. The van der Waals surface area contributed by atoms with Gasteiger partial charge in [-0.3, -0.25) is 9.36 Å². The fourth-order valence-corrected chi connectivity index (χ4v) is 5.50. The summed E-state index contributed by atoms with van der Waals surface area (Å²) in [6.45, 7) is 4.50. The van der Waals surface area contributed by atoms with E-state index in [4.69, 9.17) is 14.2 Å². The Morgan fingerprint density at radius 2 is 1.39 bits per heavy atom. The Labute approximate surface area is 145 Å². The first-order valence-electron chi connectivity index (χ1n) is 8.71. The number of rotatable bonds is 17. The Hall–Kier alpha value is -0.0300. The molecule has 5 nitrogen and oxygen atoms in total. The first-order valence-corrected chi connectivity index (χ1v) is 11.6. The average Bonchev–Trinajstić information content (AvgIpc) is 2.48. The Morgan fingerprint density at radius 3 is 1.87 bits per heavy atom. The molecule has 7 heteroatoms. The van der Waals surface area contributed by atoms with E-state index < -0.39 is 13.6 Å². The molecular weight excluding hydrogens is 335 g/mol. The van der Waals surface area contributed by atoms with Gasteiger partial charge in [0.1, 0.15) is 0 Å². The number of hydrogen-bond donors (Lipinski definition) is 1. The third-order valence-corrected chi connectivity index (χ3v) is 7.21. The van der Waals surface area contributed by atoms with Gasteiger partial charge in [-0.05, 0) is 32.4 Å². The normalized spacial score (nSPS) is 11.7. The van der Waals surface area contributed by atoms with Gasteiger partial charge >= 0.3 is 13.6 Å². The zero-order valence-corrected chi connectivity index (χ0v) is 16.3. The van der Waals surface area contributed by atoms with Crippen molar-refractivity contribution in [2.75, 3.05) is 24.5 Å². The predicted octanol–water partition coefficient (Wildman–Crippen LogP) is 5.54. The van der Waals surface area contributed by atoms with E-state index in [9.17, 15) is 9.36 Å². The van der Waals surface area contributed by atoms with Gasteiger partial charge in [0.05, 0.1) is 18.7 Å². The predicted molar refractivity (Wildman–Crippen MR) is 97.4 cm³/mol. The Kier molecular flexibility index (Phi) is 15.5. The molecule has 0 aliphatic heterocycles. The molecule has 0 aromatic heterocycles. The number of carboxylic acid groups (broad SMARTS) is 1. The quantitative estimate of drug-likeness (QED) is 0.268. The van der Waals surface area contributed by atoms with Crippen LogP contribution in [0.25, 0.3) is 0 Å². The lowest BCUT2D eigenvalue weighted by molar-refractivity contribution is -0.137. The molecule has 0 saturated carbocycles. The summed E-state index contributed by atoms with van der Waals surface area (Å²) >= 11 is 1.65. The van der Waals surface area contributed by atoms with Gasteiger partial charge < -0.3 is 14.2 Å². The Bertz CT molecular complexity index is 328. The maximum Gasteiger partial charge on any atom is 0.340 e. The van der Waals surface area contributed by atoms with Crippen molar-refractivity contribution >= 4 is 25.3 Å². The molecule has 0 rings (SSSR count). The van der Waals surface area contributed by atoms with Crippen LogP contribution in [0.1, 0.15) is 71.6 Å². The van der Waals surface area contributed by atoms with Crippen LogP contribution in [0, 0.1) is 0 Å². The summed E-state index contributed by atoms with van der Waals surface area (Å²) in [5.41, 5.74) is 0.443. The van der Waals surface area contributed by atoms with Gasteiger partial charge in [0.25, 0.3) is 0 Å². The second-order valence-electron chi connectivity index (χ2n) is 5.46. The molecule has 0 atom stereocenters. The molecule has 138 valence electrons. The molecule has 0 heterocycles. The van der Waals surface area contributed by atoms with Crippen molar-refractivity contribution in [3.63, 3.8) is 0 Å². The summed E-state index contributed by atoms with van der Waals surface area (Å²) in [5, 5.41) is 8.53. The highest BCUT2D eigenvalue weighted by Crippen LogP contribution is 2.50. The van der Waals surface area contributed by atoms with Crippen LogP contribution in [0.5, 0.6) is 0 Å². The molecule has 0 aromatic carbocycles. The number of unbranched alkanes of at least 4 members (excludes halogenated alkanes) is 7. The zero-order chi connectivity index (χ0) is 17.4. The maximum absolute atomic E-state index is 12.2. The van der Waals surface area contributed by atoms with Crippen LogP contribution in [-0.4, -0.2) is 35.5 Å². The van der Waals surface area contributed by atoms with Gasteiger partial charge in [-0.1, -0.05) is 38.5 Å². The molecule has 0 aliphatic carbocycles. The molecule has 23 heavy (non-hydrogen) atoms. The zero-order valence-electron chi connectivity index (χ0n) is 14.6. The summed E-state index contributed by atoms with van der Waals surface area (Å²) in [5.74, 6) is 0.295. The largest absolute Gasteiger partial charge is 0.481 e. The van der Waals surface area contributed by atoms with Crippen molar-refractivity contribution < 1.29 is 23.5 Å². The minimum Gasteiger partial charge on any atom is -0.481 e. The molecule has 0 aliphatic rings. The highest BCUT2D eigenvalue weighted by Gasteiger charge is 2.22. The smallest absolute Gasteiger partial charge is 0.340 e. The summed E-state index contributed by atoms with van der Waals surface area (Å²) < 4.78 is 22.7. The van der Waals surface area contributed by atoms with Crippen LogP contribution < -0.4 is 0 Å². The first kappa shape index (κ1) is 23.0. The van der Waals surface area contributed by atoms with Gasteiger partial charge in [-0.2, -0.15) is 0 Å². The van der Waals surface area contributed by atoms with E-state index >= 15 is 0 Å². The molecule has 1 N–H and O–H groups in total. The number of carbonyl (C=O) groups is 1. The molecular formula is C16H33O5PS. The van der Waals surface area contributed by atoms with Crippen molar-refractivity contribution in [1.82, 2.24) is 0 Å². The van der Waals surface area contributed by atoms with Crippen molar-refractivity contribution in [1.29, 1.82) is 0 Å². The molecule has 0 radical (unpaired) electrons. The summed E-state index contributed by atoms with van der Waals surface area (Å²) in [6, 6.07) is 0. The molecule has 0 saturated heterocycles. The maximum atomic E-state index is 12.2. The molecule has 0 aromatic rings. The van der Waals surface area contributed by atoms with Crippen LogP contribution in [0.15, 0.2) is 0 Å². The van der Waals surface area contributed by atoms with Crippen molar-refractivity contribution in [2.45, 2.75) is 71.6 Å². The van der Waals surface area contributed by atoms with Crippen LogP contribution in [0.3, 0.4) is 0 Å². The van der Waals surface area contributed by atoms with Crippen molar-refractivity contribution in [3.8, 4) is 0 Å². The Balaban J connectivity index is 3.38. The SMILES string of the molecule is CCOP(=O)(CSCCCCCCCCCCC(=O)O)OCC. The lowest BCUT2D eigenvalue weighted by Crippen LogP contribution is -1.98. The van der Waals surface area contributed by atoms with Gasteiger partial charge in [0.2, 0.25) is 0 Å². The van der Waals surface area contributed by atoms with E-state index in [1.54, 1.807) is 11.8 Å². The molecule has 0 amide bonds. The molecule has 0 fully saturated rings. The topological polar surface area (TPSA) is 72.8 Å². The van der Waals surface area contributed by atoms with Gasteiger partial charge in [-0.25, -0.2) is 0 Å². The van der Waals surface area contributed by atoms with Crippen LogP contribution in [0.4, 0.5) is 0 Å². The molecule has 0 spiro atoms. The lowest BCUT2D eigenvalue weighted by Gasteiger charge is -2.16. The third kappa shape index (κ3) is 15.2. The van der Waals surface area contributed by atoms with E-state index in [0.29, 0.717) is 25.1 Å². The van der Waals surface area contributed by atoms with E-state index in [-0.39, 0.29) is 0 Å². The number of aliphatic carboxylic acids is 1. The van der Waals surface area contributed by atoms with Gasteiger partial charge in [-0.15, -0.1) is 11.8 Å². The van der Waals surface area contributed by atoms with Crippen LogP contribution in [-0.2, 0) is 18.4 Å². The van der Waals surface area contributed by atoms with Gasteiger partial charge in [0.15, 0.2) is 0 Å². The van der Waals surface area contributed by atoms with E-state index in [2.05, 4.69) is 0 Å². The Morgan fingerprint density at radius 1 is 0.913 bits per heavy atom. The van der Waals surface area contributed by atoms with Crippen molar-refractivity contribution in [2.24, 2.45) is 0 Å². The summed E-state index contributed by atoms with van der Waals surface area (Å²) in [6.07, 6.45) is 9.19. The van der Waals surface area contributed by atoms with Crippen LogP contribution >= 0.6 is 19.4 Å². The highest BCUT2D eigenvalue weighted by molar-refractivity contribution is 8.04. The summed E-state index contributed by atoms with van der Waals surface area (Å²) in [4.78, 5) is 10.4. The summed E-state index contributed by atoms with van der Waals surface area (Å²) in [7, 11) is -2.88. The third-order valence-electron chi connectivity index (χ3n) is 3.33. The highest BCUT2D eigenvalue weighted by atomic mass is 32.2. The standard InChI is InChI=1S/C16H33O5PS/c1-3-20-22(19,21-4-2)15-23-14-12-10-8-6-5-7-9-11-13-16(17)18/h3-15H2,1-2H3,(H,17,18). The average molecular weight is 368 g/mol. The molecule has 0 bridgehead atoms. The second kappa shape index (κ2) is 15.5. The monoisotopic (exact) mass is 368 g/mol. The second-order valence-corrected chi connectivity index (χ2v) is 9.04.